The van der Waals surface area contributed by atoms with Crippen LogP contribution in [0.4, 0.5) is 0 Å². The van der Waals surface area contributed by atoms with E-state index in [1.165, 1.54) is 0 Å². The fourth-order valence-corrected chi connectivity index (χ4v) is 4.84. The molecule has 0 radical (unpaired) electrons. The van der Waals surface area contributed by atoms with Crippen LogP contribution in [-0.2, 0) is 11.2 Å². The lowest BCUT2D eigenvalue weighted by Crippen LogP contribution is -2.02. The molecular weight excluding hydrogens is 579 g/mol. The van der Waals surface area contributed by atoms with Crippen LogP contribution >= 0.6 is 22.6 Å². The predicted octanol–water partition coefficient (Wildman–Crippen LogP) is 7.95. The Hall–Kier alpha value is -4.04. The highest BCUT2D eigenvalue weighted by atomic mass is 127. The Labute approximate surface area is 228 Å². The highest BCUT2D eigenvalue weighted by Crippen LogP contribution is 2.30. The van der Waals surface area contributed by atoms with Crippen molar-refractivity contribution in [2.24, 2.45) is 0 Å². The molecule has 0 atom stereocenters. The number of rotatable bonds is 9. The van der Waals surface area contributed by atoms with Gasteiger partial charge in [0.1, 0.15) is 12.4 Å². The number of furan rings is 2. The number of carboxylic acid groups (broad SMARTS) is 1. The summed E-state index contributed by atoms with van der Waals surface area (Å²) < 4.78 is 17.4. The molecule has 0 unspecified atom stereocenters. The van der Waals surface area contributed by atoms with Crippen LogP contribution in [0.25, 0.3) is 27.8 Å². The van der Waals surface area contributed by atoms with Crippen molar-refractivity contribution < 1.29 is 23.5 Å². The number of benzene rings is 3. The second-order valence-corrected chi connectivity index (χ2v) is 9.61. The van der Waals surface area contributed by atoms with Crippen molar-refractivity contribution in [3.05, 3.63) is 130 Å². The van der Waals surface area contributed by atoms with Gasteiger partial charge in [-0.25, -0.2) is 0 Å². The maximum atomic E-state index is 11.0. The Morgan fingerprint density at radius 3 is 1.81 bits per heavy atom. The Kier molecular flexibility index (Phi) is 7.56. The third-order valence-electron chi connectivity index (χ3n) is 5.98. The molecule has 0 spiro atoms. The SMILES string of the molecule is O=C(O)Cc1ccc(OCC=C(c2ccc(-c3ccoc3)cc2)c2ccc(-c3ccoc3)cc2)c(I)c1. The van der Waals surface area contributed by atoms with Crippen molar-refractivity contribution in [2.45, 2.75) is 6.42 Å². The van der Waals surface area contributed by atoms with E-state index in [0.29, 0.717) is 6.61 Å². The molecule has 0 aliphatic heterocycles. The summed E-state index contributed by atoms with van der Waals surface area (Å²) in [7, 11) is 0. The largest absolute Gasteiger partial charge is 0.488 e. The number of carboxylic acids is 1. The first-order valence-electron chi connectivity index (χ1n) is 11.7. The van der Waals surface area contributed by atoms with Gasteiger partial charge in [-0.3, -0.25) is 4.79 Å². The molecule has 5 rings (SSSR count). The molecule has 2 heterocycles. The first-order valence-corrected chi connectivity index (χ1v) is 12.7. The maximum absolute atomic E-state index is 11.0. The van der Waals surface area contributed by atoms with E-state index in [9.17, 15) is 4.79 Å². The average molecular weight is 602 g/mol. The monoisotopic (exact) mass is 602 g/mol. The molecule has 1 N–H and O–H groups in total. The fraction of sp³-hybridized carbons (Fsp3) is 0.0645. The molecule has 0 bridgehead atoms. The molecule has 37 heavy (non-hydrogen) atoms. The third-order valence-corrected chi connectivity index (χ3v) is 6.82. The number of carbonyl (C=O) groups is 1. The van der Waals surface area contributed by atoms with Gasteiger partial charge in [-0.2, -0.15) is 0 Å². The fourth-order valence-electron chi connectivity index (χ4n) is 4.11. The molecule has 0 fully saturated rings. The zero-order valence-corrected chi connectivity index (χ0v) is 21.9. The van der Waals surface area contributed by atoms with E-state index in [2.05, 4.69) is 77.2 Å². The Morgan fingerprint density at radius 1 is 0.784 bits per heavy atom. The van der Waals surface area contributed by atoms with Gasteiger partial charge in [0.2, 0.25) is 0 Å². The van der Waals surface area contributed by atoms with E-state index in [-0.39, 0.29) is 6.42 Å². The number of aliphatic carboxylic acids is 1. The van der Waals surface area contributed by atoms with Gasteiger partial charge in [0, 0.05) is 11.1 Å². The lowest BCUT2D eigenvalue weighted by Gasteiger charge is -2.12. The number of ether oxygens (including phenoxy) is 1. The second-order valence-electron chi connectivity index (χ2n) is 8.44. The van der Waals surface area contributed by atoms with Crippen LogP contribution < -0.4 is 4.74 Å². The molecule has 5 nitrogen and oxygen atoms in total. The van der Waals surface area contributed by atoms with Gasteiger partial charge in [-0.1, -0.05) is 54.6 Å². The molecule has 0 aliphatic carbocycles. The molecule has 5 aromatic rings. The first-order chi connectivity index (χ1) is 18.1. The van der Waals surface area contributed by atoms with Crippen LogP contribution in [-0.4, -0.2) is 17.7 Å². The molecule has 184 valence electrons. The summed E-state index contributed by atoms with van der Waals surface area (Å²) in [5.41, 5.74) is 8.16. The summed E-state index contributed by atoms with van der Waals surface area (Å²) in [6.45, 7) is 0.358. The number of halogens is 1. The van der Waals surface area contributed by atoms with Gasteiger partial charge in [0.15, 0.2) is 0 Å². The molecule has 0 amide bonds. The topological polar surface area (TPSA) is 72.8 Å². The summed E-state index contributed by atoms with van der Waals surface area (Å²) >= 11 is 2.18. The zero-order chi connectivity index (χ0) is 25.6. The van der Waals surface area contributed by atoms with Crippen molar-refractivity contribution in [1.82, 2.24) is 0 Å². The van der Waals surface area contributed by atoms with Gasteiger partial charge in [-0.05, 0) is 86.3 Å². The van der Waals surface area contributed by atoms with E-state index >= 15 is 0 Å². The van der Waals surface area contributed by atoms with Gasteiger partial charge in [0.05, 0.1) is 35.0 Å². The minimum Gasteiger partial charge on any atom is -0.488 e. The summed E-state index contributed by atoms with van der Waals surface area (Å²) in [5, 5.41) is 9.04. The van der Waals surface area contributed by atoms with E-state index < -0.39 is 5.97 Å². The predicted molar refractivity (Wildman–Crippen MR) is 151 cm³/mol. The second kappa shape index (κ2) is 11.3. The maximum Gasteiger partial charge on any atom is 0.307 e. The summed E-state index contributed by atoms with van der Waals surface area (Å²) in [5.74, 6) is -0.134. The quantitative estimate of drug-likeness (QED) is 0.174. The van der Waals surface area contributed by atoms with Crippen LogP contribution in [0.1, 0.15) is 16.7 Å². The lowest BCUT2D eigenvalue weighted by molar-refractivity contribution is -0.136. The van der Waals surface area contributed by atoms with Crippen LogP contribution in [0.3, 0.4) is 0 Å². The van der Waals surface area contributed by atoms with Crippen molar-refractivity contribution in [3.63, 3.8) is 0 Å². The van der Waals surface area contributed by atoms with Crippen LogP contribution in [0.15, 0.2) is 119 Å². The average Bonchev–Trinajstić information content (AvgIpc) is 3.63. The first kappa shape index (κ1) is 24.6. The molecule has 3 aromatic carbocycles. The van der Waals surface area contributed by atoms with Crippen molar-refractivity contribution >= 4 is 34.1 Å². The Balaban J connectivity index is 1.41. The highest BCUT2D eigenvalue weighted by molar-refractivity contribution is 14.1. The minimum absolute atomic E-state index is 0.00996. The van der Waals surface area contributed by atoms with E-state index in [1.54, 1.807) is 31.1 Å². The van der Waals surface area contributed by atoms with Crippen molar-refractivity contribution in [2.75, 3.05) is 6.61 Å². The molecule has 2 aromatic heterocycles. The third kappa shape index (κ3) is 6.03. The van der Waals surface area contributed by atoms with Gasteiger partial charge in [-0.15, -0.1) is 0 Å². The summed E-state index contributed by atoms with van der Waals surface area (Å²) in [6, 6.07) is 26.1. The van der Waals surface area contributed by atoms with Gasteiger partial charge in [0.25, 0.3) is 0 Å². The standard InChI is InChI=1S/C31H23IO5/c32-29-17-21(18-31(33)34)1-10-30(29)37-16-13-28(24-6-2-22(3-7-24)26-11-14-35-19-26)25-8-4-23(5-9-25)27-12-15-36-20-27/h1-15,17,19-20H,16,18H2,(H,33,34). The van der Waals surface area contributed by atoms with Crippen LogP contribution in [0, 0.1) is 3.57 Å². The molecule has 0 saturated carbocycles. The number of hydrogen-bond donors (Lipinski definition) is 1. The normalized spacial score (nSPS) is 10.7. The molecule has 6 heteroatoms. The van der Waals surface area contributed by atoms with Gasteiger partial charge < -0.3 is 18.7 Å². The molecular formula is C31H23IO5. The molecule has 0 saturated heterocycles. The smallest absolute Gasteiger partial charge is 0.307 e. The van der Waals surface area contributed by atoms with E-state index in [4.69, 9.17) is 18.7 Å². The minimum atomic E-state index is -0.852. The van der Waals surface area contributed by atoms with Crippen LogP contribution in [0.5, 0.6) is 5.75 Å². The number of hydrogen-bond acceptors (Lipinski definition) is 4. The van der Waals surface area contributed by atoms with Gasteiger partial charge >= 0.3 is 5.97 Å². The summed E-state index contributed by atoms with van der Waals surface area (Å²) in [4.78, 5) is 11.0. The highest BCUT2D eigenvalue weighted by Gasteiger charge is 2.10. The van der Waals surface area contributed by atoms with E-state index in [1.807, 2.05) is 24.3 Å². The Bertz CT molecular complexity index is 1420. The molecule has 0 aliphatic rings. The zero-order valence-electron chi connectivity index (χ0n) is 19.8. The van der Waals surface area contributed by atoms with Crippen molar-refractivity contribution in [3.8, 4) is 28.0 Å². The van der Waals surface area contributed by atoms with E-state index in [0.717, 1.165) is 53.8 Å². The lowest BCUT2D eigenvalue weighted by atomic mass is 9.94. The summed E-state index contributed by atoms with van der Waals surface area (Å²) in [6.07, 6.45) is 8.87. The van der Waals surface area contributed by atoms with Crippen LogP contribution in [0.2, 0.25) is 0 Å². The Morgan fingerprint density at radius 2 is 1.35 bits per heavy atom. The van der Waals surface area contributed by atoms with Crippen molar-refractivity contribution in [1.29, 1.82) is 0 Å².